The lowest BCUT2D eigenvalue weighted by atomic mass is 10.0. The van der Waals surface area contributed by atoms with Crippen LogP contribution in [0.15, 0.2) is 36.5 Å². The zero-order valence-corrected chi connectivity index (χ0v) is 14.0. The molecule has 26 heavy (non-hydrogen) atoms. The maximum absolute atomic E-state index is 13.2. The van der Waals surface area contributed by atoms with E-state index >= 15 is 0 Å². The van der Waals surface area contributed by atoms with Crippen LogP contribution in [-0.2, 0) is 16.1 Å². The van der Waals surface area contributed by atoms with E-state index in [1.165, 1.54) is 11.1 Å². The minimum absolute atomic E-state index is 0.0942. The van der Waals surface area contributed by atoms with Gasteiger partial charge in [0.25, 0.3) is 11.8 Å². The van der Waals surface area contributed by atoms with Gasteiger partial charge in [0.1, 0.15) is 11.6 Å². The summed E-state index contributed by atoms with van der Waals surface area (Å²) in [5.41, 5.74) is -0.784. The van der Waals surface area contributed by atoms with Crippen molar-refractivity contribution in [1.29, 1.82) is 0 Å². The fourth-order valence-corrected chi connectivity index (χ4v) is 2.82. The Morgan fingerprint density at radius 2 is 2.00 bits per heavy atom. The zero-order chi connectivity index (χ0) is 18.9. The number of halogens is 2. The normalized spacial score (nSPS) is 19.7. The van der Waals surface area contributed by atoms with Crippen molar-refractivity contribution in [2.45, 2.75) is 25.5 Å². The van der Waals surface area contributed by atoms with Crippen LogP contribution in [0.4, 0.5) is 14.5 Å². The van der Waals surface area contributed by atoms with Crippen molar-refractivity contribution in [3.05, 3.63) is 59.4 Å². The molecule has 2 heterocycles. The van der Waals surface area contributed by atoms with E-state index in [2.05, 4.69) is 10.3 Å². The third kappa shape index (κ3) is 3.41. The lowest BCUT2D eigenvalue weighted by molar-refractivity contribution is -0.149. The molecule has 1 aliphatic heterocycles. The van der Waals surface area contributed by atoms with Crippen LogP contribution in [0.3, 0.4) is 0 Å². The van der Waals surface area contributed by atoms with Crippen LogP contribution >= 0.6 is 0 Å². The number of carbonyl (C=O) groups is 2. The number of nitrogens with one attached hydrogen (secondary N) is 1. The summed E-state index contributed by atoms with van der Waals surface area (Å²) in [6.45, 7) is 1.74. The monoisotopic (exact) mass is 361 g/mol. The van der Waals surface area contributed by atoms with Crippen LogP contribution in [0.1, 0.15) is 17.7 Å². The molecule has 3 rings (SSSR count). The number of anilines is 1. The van der Waals surface area contributed by atoms with Crippen LogP contribution in [-0.4, -0.2) is 34.1 Å². The first-order valence-electron chi connectivity index (χ1n) is 8.00. The van der Waals surface area contributed by atoms with E-state index in [-0.39, 0.29) is 25.1 Å². The Bertz CT molecular complexity index is 837. The highest BCUT2D eigenvalue weighted by Gasteiger charge is 2.51. The molecule has 136 valence electrons. The van der Waals surface area contributed by atoms with Crippen molar-refractivity contribution < 1.29 is 23.5 Å². The third-order valence-corrected chi connectivity index (χ3v) is 4.25. The van der Waals surface area contributed by atoms with Crippen molar-refractivity contribution in [3.63, 3.8) is 0 Å². The maximum atomic E-state index is 13.2. The molecule has 1 aromatic carbocycles. The Morgan fingerprint density at radius 1 is 1.31 bits per heavy atom. The first-order chi connectivity index (χ1) is 12.3. The van der Waals surface area contributed by atoms with Gasteiger partial charge in [0.15, 0.2) is 0 Å². The lowest BCUT2D eigenvalue weighted by Gasteiger charge is -2.21. The maximum Gasteiger partial charge on any atom is 0.268 e. The number of hydrogen-bond donors (Lipinski definition) is 2. The molecule has 1 fully saturated rings. The second-order valence-corrected chi connectivity index (χ2v) is 6.19. The van der Waals surface area contributed by atoms with Gasteiger partial charge in [-0.25, -0.2) is 8.78 Å². The SMILES string of the molecule is Cc1ccc(N2CC[C@@](O)(C(=O)NCc3cc(F)cc(F)c3)C2=O)cn1. The number of aromatic nitrogens is 1. The molecule has 8 heteroatoms. The number of benzene rings is 1. The minimum atomic E-state index is -2.23. The summed E-state index contributed by atoms with van der Waals surface area (Å²) in [5.74, 6) is -3.22. The van der Waals surface area contributed by atoms with Crippen LogP contribution in [0.5, 0.6) is 0 Å². The molecule has 0 saturated carbocycles. The predicted octanol–water partition coefficient (Wildman–Crippen LogP) is 1.45. The first kappa shape index (κ1) is 17.9. The van der Waals surface area contributed by atoms with Crippen molar-refractivity contribution in [2.24, 2.45) is 0 Å². The summed E-state index contributed by atoms with van der Waals surface area (Å²) in [7, 11) is 0. The van der Waals surface area contributed by atoms with Crippen molar-refractivity contribution in [2.75, 3.05) is 11.4 Å². The summed E-state index contributed by atoms with van der Waals surface area (Å²) in [5, 5.41) is 12.9. The van der Waals surface area contributed by atoms with Crippen LogP contribution in [0.2, 0.25) is 0 Å². The highest BCUT2D eigenvalue weighted by atomic mass is 19.1. The third-order valence-electron chi connectivity index (χ3n) is 4.25. The number of rotatable bonds is 4. The molecule has 6 nitrogen and oxygen atoms in total. The topological polar surface area (TPSA) is 82.5 Å². The summed E-state index contributed by atoms with van der Waals surface area (Å²) in [6, 6.07) is 6.24. The van der Waals surface area contributed by atoms with E-state index in [4.69, 9.17) is 0 Å². The average Bonchev–Trinajstić information content (AvgIpc) is 2.89. The van der Waals surface area contributed by atoms with Crippen molar-refractivity contribution >= 4 is 17.5 Å². The molecule has 1 aliphatic rings. The Kier molecular flexibility index (Phi) is 4.69. The molecule has 2 N–H and O–H groups in total. The van der Waals surface area contributed by atoms with Gasteiger partial charge in [-0.2, -0.15) is 0 Å². The summed E-state index contributed by atoms with van der Waals surface area (Å²) >= 11 is 0. The van der Waals surface area contributed by atoms with Gasteiger partial charge in [-0.1, -0.05) is 0 Å². The number of aryl methyl sites for hydroxylation is 1. The molecule has 1 atom stereocenters. The number of aliphatic hydroxyl groups is 1. The average molecular weight is 361 g/mol. The lowest BCUT2D eigenvalue weighted by Crippen LogP contribution is -2.52. The van der Waals surface area contributed by atoms with Gasteiger partial charge in [0.2, 0.25) is 5.60 Å². The smallest absolute Gasteiger partial charge is 0.268 e. The molecule has 0 unspecified atom stereocenters. The Labute approximate surface area is 148 Å². The zero-order valence-electron chi connectivity index (χ0n) is 14.0. The van der Waals surface area contributed by atoms with E-state index in [9.17, 15) is 23.5 Å². The fraction of sp³-hybridized carbons (Fsp3) is 0.278. The van der Waals surface area contributed by atoms with Crippen molar-refractivity contribution in [1.82, 2.24) is 10.3 Å². The Balaban J connectivity index is 1.70. The van der Waals surface area contributed by atoms with E-state index in [1.54, 1.807) is 19.1 Å². The minimum Gasteiger partial charge on any atom is -0.372 e. The highest BCUT2D eigenvalue weighted by molar-refractivity contribution is 6.16. The van der Waals surface area contributed by atoms with Crippen LogP contribution in [0.25, 0.3) is 0 Å². The Morgan fingerprint density at radius 3 is 2.62 bits per heavy atom. The summed E-state index contributed by atoms with van der Waals surface area (Å²) in [4.78, 5) is 30.3. The van der Waals surface area contributed by atoms with Gasteiger partial charge >= 0.3 is 0 Å². The van der Waals surface area contributed by atoms with E-state index < -0.39 is 29.0 Å². The summed E-state index contributed by atoms with van der Waals surface area (Å²) in [6.07, 6.45) is 1.40. The van der Waals surface area contributed by atoms with Crippen LogP contribution in [0, 0.1) is 18.6 Å². The number of pyridine rings is 1. The second-order valence-electron chi connectivity index (χ2n) is 6.19. The molecule has 1 aromatic heterocycles. The molecule has 2 aromatic rings. The van der Waals surface area contributed by atoms with E-state index in [0.29, 0.717) is 11.8 Å². The number of nitrogens with zero attached hydrogens (tertiary/aromatic N) is 2. The first-order valence-corrected chi connectivity index (χ1v) is 8.00. The summed E-state index contributed by atoms with van der Waals surface area (Å²) < 4.78 is 26.4. The largest absolute Gasteiger partial charge is 0.372 e. The van der Waals surface area contributed by atoms with Gasteiger partial charge in [0.05, 0.1) is 11.9 Å². The van der Waals surface area contributed by atoms with Gasteiger partial charge in [0, 0.05) is 31.3 Å². The fourth-order valence-electron chi connectivity index (χ4n) is 2.82. The molecule has 0 spiro atoms. The van der Waals surface area contributed by atoms with Gasteiger partial charge in [-0.15, -0.1) is 0 Å². The van der Waals surface area contributed by atoms with Crippen LogP contribution < -0.4 is 10.2 Å². The van der Waals surface area contributed by atoms with Gasteiger partial charge in [-0.3, -0.25) is 14.6 Å². The van der Waals surface area contributed by atoms with Crippen molar-refractivity contribution in [3.8, 4) is 0 Å². The molecule has 0 bridgehead atoms. The van der Waals surface area contributed by atoms with Gasteiger partial charge < -0.3 is 15.3 Å². The molecule has 1 saturated heterocycles. The second kappa shape index (κ2) is 6.80. The quantitative estimate of drug-likeness (QED) is 0.808. The van der Waals surface area contributed by atoms with E-state index in [1.807, 2.05) is 0 Å². The molecule has 2 amide bonds. The molecule has 0 radical (unpaired) electrons. The number of amides is 2. The van der Waals surface area contributed by atoms with E-state index in [0.717, 1.165) is 17.8 Å². The predicted molar refractivity (Wildman–Crippen MR) is 89.1 cm³/mol. The number of hydrogen-bond acceptors (Lipinski definition) is 4. The Hall–Kier alpha value is -2.87. The molecular formula is C18H17F2N3O3. The van der Waals surface area contributed by atoms with Gasteiger partial charge in [-0.05, 0) is 36.8 Å². The standard InChI is InChI=1S/C18H17F2N3O3/c1-11-2-3-15(10-21-11)23-5-4-18(26,17(23)25)16(24)22-9-12-6-13(19)8-14(20)7-12/h2-3,6-8,10,26H,4-5,9H2,1H3,(H,22,24)/t18-/m1/s1. The highest BCUT2D eigenvalue weighted by Crippen LogP contribution is 2.28. The molecule has 0 aliphatic carbocycles. The number of carbonyl (C=O) groups excluding carboxylic acids is 2. The molecular weight excluding hydrogens is 344 g/mol.